The average Bonchev–Trinajstić information content (AvgIpc) is 2.31. The van der Waals surface area contributed by atoms with Crippen LogP contribution in [0, 0.1) is 10.1 Å². The molecule has 1 heterocycles. The lowest BCUT2D eigenvalue weighted by Gasteiger charge is -2.27. The molecule has 0 saturated carbocycles. The summed E-state index contributed by atoms with van der Waals surface area (Å²) < 4.78 is 11.1. The summed E-state index contributed by atoms with van der Waals surface area (Å²) >= 11 is 0. The van der Waals surface area contributed by atoms with Crippen LogP contribution in [-0.4, -0.2) is 23.9 Å². The Balaban J connectivity index is 1.93. The maximum absolute atomic E-state index is 10.8. The lowest BCUT2D eigenvalue weighted by Crippen LogP contribution is -2.32. The van der Waals surface area contributed by atoms with E-state index in [0.717, 1.165) is 38.5 Å². The van der Waals surface area contributed by atoms with Gasteiger partial charge in [0.15, 0.2) is 12.4 Å². The third-order valence-electron chi connectivity index (χ3n) is 3.02. The smallest absolute Gasteiger partial charge is 0.270 e. The first kappa shape index (κ1) is 11.5. The number of rotatable bonds is 3. The molecule has 2 atom stereocenters. The van der Waals surface area contributed by atoms with Gasteiger partial charge in [-0.2, -0.15) is 0 Å². The molecule has 0 aromatic heterocycles. The minimum absolute atomic E-state index is 0.209. The van der Waals surface area contributed by atoms with Crippen molar-refractivity contribution >= 4 is 0 Å². The first-order chi connectivity index (χ1) is 7.77. The molecular formula is C11H17NO4. The Morgan fingerprint density at radius 1 is 1.38 bits per heavy atom. The summed E-state index contributed by atoms with van der Waals surface area (Å²) in [5.41, 5.74) is 0.209. The average molecular weight is 227 g/mol. The van der Waals surface area contributed by atoms with Crippen LogP contribution in [0.4, 0.5) is 0 Å². The van der Waals surface area contributed by atoms with Gasteiger partial charge in [0.1, 0.15) is 0 Å². The summed E-state index contributed by atoms with van der Waals surface area (Å²) in [6.45, 7) is 0.703. The number of hydrogen-bond acceptors (Lipinski definition) is 4. The highest BCUT2D eigenvalue weighted by Crippen LogP contribution is 2.25. The normalized spacial score (nSPS) is 30.9. The van der Waals surface area contributed by atoms with Crippen molar-refractivity contribution in [3.63, 3.8) is 0 Å². The second kappa shape index (κ2) is 5.41. The Bertz CT molecular complexity index is 284. The first-order valence-electron chi connectivity index (χ1n) is 5.89. The molecule has 1 fully saturated rings. The fourth-order valence-corrected chi connectivity index (χ4v) is 2.16. The van der Waals surface area contributed by atoms with Crippen molar-refractivity contribution in [1.82, 2.24) is 0 Å². The van der Waals surface area contributed by atoms with E-state index in [4.69, 9.17) is 9.47 Å². The van der Waals surface area contributed by atoms with E-state index >= 15 is 0 Å². The number of ether oxygens (including phenoxy) is 2. The van der Waals surface area contributed by atoms with E-state index in [1.54, 1.807) is 6.08 Å². The molecule has 16 heavy (non-hydrogen) atoms. The highest BCUT2D eigenvalue weighted by molar-refractivity contribution is 5.03. The number of nitrogens with zero attached hydrogens (tertiary/aromatic N) is 1. The van der Waals surface area contributed by atoms with Crippen molar-refractivity contribution in [1.29, 1.82) is 0 Å². The lowest BCUT2D eigenvalue weighted by atomic mass is 10.0. The minimum Gasteiger partial charge on any atom is -0.353 e. The molecule has 0 bridgehead atoms. The molecule has 0 aromatic carbocycles. The van der Waals surface area contributed by atoms with Gasteiger partial charge in [0.05, 0.1) is 4.92 Å². The quantitative estimate of drug-likeness (QED) is 0.548. The van der Waals surface area contributed by atoms with Crippen LogP contribution in [0.15, 0.2) is 11.8 Å². The van der Waals surface area contributed by atoms with Crippen LogP contribution in [0.25, 0.3) is 0 Å². The van der Waals surface area contributed by atoms with E-state index in [-0.39, 0.29) is 23.0 Å². The lowest BCUT2D eigenvalue weighted by molar-refractivity contribution is -0.441. The largest absolute Gasteiger partial charge is 0.353 e. The molecule has 2 aliphatic rings. The van der Waals surface area contributed by atoms with Crippen molar-refractivity contribution < 1.29 is 14.4 Å². The monoisotopic (exact) mass is 227 g/mol. The van der Waals surface area contributed by atoms with E-state index in [0.29, 0.717) is 6.61 Å². The van der Waals surface area contributed by atoms with Crippen LogP contribution >= 0.6 is 0 Å². The molecule has 0 amide bonds. The summed E-state index contributed by atoms with van der Waals surface area (Å²) in [7, 11) is 0. The predicted octanol–water partition coefficient (Wildman–Crippen LogP) is 2.24. The zero-order valence-electron chi connectivity index (χ0n) is 9.26. The summed E-state index contributed by atoms with van der Waals surface area (Å²) in [4.78, 5) is 10.5. The molecule has 2 unspecified atom stereocenters. The summed E-state index contributed by atoms with van der Waals surface area (Å²) in [6.07, 6.45) is 6.49. The number of allylic oxidation sites excluding steroid dienone is 1. The predicted molar refractivity (Wildman–Crippen MR) is 57.4 cm³/mol. The van der Waals surface area contributed by atoms with E-state index < -0.39 is 0 Å². The van der Waals surface area contributed by atoms with Crippen LogP contribution in [0.2, 0.25) is 0 Å². The number of nitro groups is 1. The van der Waals surface area contributed by atoms with Gasteiger partial charge in [0.25, 0.3) is 5.70 Å². The Morgan fingerprint density at radius 2 is 2.25 bits per heavy atom. The van der Waals surface area contributed by atoms with Crippen molar-refractivity contribution in [3.05, 3.63) is 21.9 Å². The van der Waals surface area contributed by atoms with Gasteiger partial charge in [0, 0.05) is 6.61 Å². The molecule has 1 aliphatic carbocycles. The molecule has 0 aromatic rings. The van der Waals surface area contributed by atoms with E-state index in [1.807, 2.05) is 0 Å². The van der Waals surface area contributed by atoms with Crippen molar-refractivity contribution in [2.75, 3.05) is 6.61 Å². The second-order valence-corrected chi connectivity index (χ2v) is 4.24. The molecular weight excluding hydrogens is 210 g/mol. The van der Waals surface area contributed by atoms with Gasteiger partial charge in [-0.25, -0.2) is 0 Å². The van der Waals surface area contributed by atoms with Gasteiger partial charge >= 0.3 is 0 Å². The van der Waals surface area contributed by atoms with Gasteiger partial charge in [-0.15, -0.1) is 0 Å². The minimum atomic E-state index is -0.383. The van der Waals surface area contributed by atoms with Crippen molar-refractivity contribution in [2.45, 2.75) is 50.9 Å². The van der Waals surface area contributed by atoms with Gasteiger partial charge < -0.3 is 9.47 Å². The van der Waals surface area contributed by atoms with Crippen molar-refractivity contribution in [2.24, 2.45) is 0 Å². The Hall–Kier alpha value is -0.940. The molecule has 2 rings (SSSR count). The summed E-state index contributed by atoms with van der Waals surface area (Å²) in [5.74, 6) is 0. The summed E-state index contributed by atoms with van der Waals surface area (Å²) in [6, 6.07) is 0. The zero-order valence-corrected chi connectivity index (χ0v) is 9.26. The topological polar surface area (TPSA) is 61.6 Å². The van der Waals surface area contributed by atoms with E-state index in [2.05, 4.69) is 0 Å². The van der Waals surface area contributed by atoms with E-state index in [1.165, 1.54) is 0 Å². The Morgan fingerprint density at radius 3 is 2.94 bits per heavy atom. The highest BCUT2D eigenvalue weighted by atomic mass is 16.7. The van der Waals surface area contributed by atoms with Gasteiger partial charge in [0.2, 0.25) is 0 Å². The van der Waals surface area contributed by atoms with Gasteiger partial charge in [-0.05, 0) is 44.6 Å². The molecule has 5 nitrogen and oxygen atoms in total. The zero-order chi connectivity index (χ0) is 11.4. The maximum Gasteiger partial charge on any atom is 0.270 e. The third kappa shape index (κ3) is 2.80. The Labute approximate surface area is 94.6 Å². The van der Waals surface area contributed by atoms with E-state index in [9.17, 15) is 10.1 Å². The fourth-order valence-electron chi connectivity index (χ4n) is 2.16. The molecule has 0 spiro atoms. The standard InChI is InChI=1S/C11H17NO4/c13-12(14)9-5-1-2-6-10(9)16-11-7-3-4-8-15-11/h5,10-11H,1-4,6-8H2. The fraction of sp³-hybridized carbons (Fsp3) is 0.818. The molecule has 1 saturated heterocycles. The Kier molecular flexibility index (Phi) is 3.90. The van der Waals surface area contributed by atoms with Gasteiger partial charge in [-0.1, -0.05) is 0 Å². The van der Waals surface area contributed by atoms with Crippen LogP contribution in [0.3, 0.4) is 0 Å². The highest BCUT2D eigenvalue weighted by Gasteiger charge is 2.31. The first-order valence-corrected chi connectivity index (χ1v) is 5.89. The van der Waals surface area contributed by atoms with Crippen LogP contribution in [-0.2, 0) is 9.47 Å². The molecule has 5 heteroatoms. The third-order valence-corrected chi connectivity index (χ3v) is 3.02. The van der Waals surface area contributed by atoms with Crippen molar-refractivity contribution in [3.8, 4) is 0 Å². The molecule has 0 N–H and O–H groups in total. The maximum atomic E-state index is 10.8. The molecule has 0 radical (unpaired) electrons. The van der Waals surface area contributed by atoms with Crippen LogP contribution in [0.5, 0.6) is 0 Å². The van der Waals surface area contributed by atoms with Crippen LogP contribution < -0.4 is 0 Å². The molecule has 90 valence electrons. The van der Waals surface area contributed by atoms with Gasteiger partial charge in [-0.3, -0.25) is 10.1 Å². The number of hydrogen-bond donors (Lipinski definition) is 0. The molecule has 1 aliphatic heterocycles. The summed E-state index contributed by atoms with van der Waals surface area (Å²) in [5, 5.41) is 10.8. The van der Waals surface area contributed by atoms with Crippen LogP contribution in [0.1, 0.15) is 38.5 Å². The second-order valence-electron chi connectivity index (χ2n) is 4.24. The SMILES string of the molecule is O=[N+]([O-])C1=CCCCC1OC1CCCCO1.